The molecule has 1 saturated carbocycles. The normalized spacial score (nSPS) is 26.9. The van der Waals surface area contributed by atoms with Crippen molar-refractivity contribution in [1.82, 2.24) is 5.06 Å². The maximum atomic E-state index is 13.6. The summed E-state index contributed by atoms with van der Waals surface area (Å²) in [6, 6.07) is 13.5. The minimum Gasteiger partial charge on any atom is -0.622 e. The lowest BCUT2D eigenvalue weighted by molar-refractivity contribution is -0.568. The van der Waals surface area contributed by atoms with Gasteiger partial charge in [-0.3, -0.25) is 5.43 Å². The highest BCUT2D eigenvalue weighted by molar-refractivity contribution is 7.12. The van der Waals surface area contributed by atoms with E-state index in [2.05, 4.69) is 10.5 Å². The van der Waals surface area contributed by atoms with Gasteiger partial charge in [0.1, 0.15) is 11.3 Å². The highest BCUT2D eigenvalue weighted by atomic mass is 32.1. The molecule has 0 bridgehead atoms. The fraction of sp³-hybridized carbons (Fsp3) is 0.400. The second-order valence-electron chi connectivity index (χ2n) is 7.55. The molecule has 2 aromatic rings. The Bertz CT molecular complexity index is 877. The molecule has 6 nitrogen and oxygen atoms in total. The summed E-state index contributed by atoms with van der Waals surface area (Å²) in [7, 11) is 0. The molecular formula is C20H24N4O2S. The minimum absolute atomic E-state index is 0.542. The molecule has 1 aromatic heterocycles. The fourth-order valence-corrected chi connectivity index (χ4v) is 5.05. The first kappa shape index (κ1) is 18.2. The Hall–Kier alpha value is -2.22. The average molecular weight is 385 g/mol. The lowest BCUT2D eigenvalue weighted by Gasteiger charge is -2.38. The van der Waals surface area contributed by atoms with E-state index in [4.69, 9.17) is 0 Å². The molecule has 1 aromatic carbocycles. The van der Waals surface area contributed by atoms with E-state index in [1.807, 2.05) is 61.7 Å². The maximum absolute atomic E-state index is 13.6. The first-order chi connectivity index (χ1) is 13.0. The van der Waals surface area contributed by atoms with Gasteiger partial charge in [-0.05, 0) is 56.7 Å². The Balaban J connectivity index is 1.80. The predicted octanol–water partition coefficient (Wildman–Crippen LogP) is 4.27. The molecule has 0 unspecified atom stereocenters. The Morgan fingerprint density at radius 1 is 1.19 bits per heavy atom. The molecule has 7 heteroatoms. The maximum Gasteiger partial charge on any atom is 0.292 e. The summed E-state index contributed by atoms with van der Waals surface area (Å²) in [4.78, 5) is 0.881. The summed E-state index contributed by atoms with van der Waals surface area (Å²) in [6.07, 6.45) is 3.03. The number of rotatable bonds is 3. The van der Waals surface area contributed by atoms with Crippen molar-refractivity contribution >= 4 is 28.4 Å². The predicted molar refractivity (Wildman–Crippen MR) is 108 cm³/mol. The van der Waals surface area contributed by atoms with Crippen LogP contribution in [0.3, 0.4) is 0 Å². The molecule has 2 N–H and O–H groups in total. The number of hydroxylamine groups is 3. The zero-order chi connectivity index (χ0) is 19.1. The van der Waals surface area contributed by atoms with Gasteiger partial charge in [0.2, 0.25) is 5.71 Å². The summed E-state index contributed by atoms with van der Waals surface area (Å²) in [5.74, 6) is 0. The van der Waals surface area contributed by atoms with Gasteiger partial charge in [0, 0.05) is 6.42 Å². The van der Waals surface area contributed by atoms with Gasteiger partial charge in [-0.25, -0.2) is 0 Å². The molecule has 27 heavy (non-hydrogen) atoms. The monoisotopic (exact) mass is 384 g/mol. The van der Waals surface area contributed by atoms with Crippen LogP contribution in [0, 0.1) is 5.21 Å². The van der Waals surface area contributed by atoms with Crippen molar-refractivity contribution in [3.05, 3.63) is 57.9 Å². The molecule has 142 valence electrons. The van der Waals surface area contributed by atoms with Crippen molar-refractivity contribution in [3.63, 3.8) is 0 Å². The van der Waals surface area contributed by atoms with Crippen LogP contribution in [0.5, 0.6) is 0 Å². The van der Waals surface area contributed by atoms with Crippen molar-refractivity contribution in [2.24, 2.45) is 5.10 Å². The quantitative estimate of drug-likeness (QED) is 0.471. The van der Waals surface area contributed by atoms with Gasteiger partial charge in [0.25, 0.3) is 5.66 Å². The number of thiophene rings is 1. The van der Waals surface area contributed by atoms with E-state index in [0.717, 1.165) is 28.1 Å². The van der Waals surface area contributed by atoms with Crippen LogP contribution >= 0.6 is 11.3 Å². The Kier molecular flexibility index (Phi) is 4.53. The largest absolute Gasteiger partial charge is 0.622 e. The molecule has 0 saturated heterocycles. The number of para-hydroxylation sites is 1. The van der Waals surface area contributed by atoms with Crippen molar-refractivity contribution < 1.29 is 9.95 Å². The van der Waals surface area contributed by atoms with E-state index in [9.17, 15) is 10.4 Å². The summed E-state index contributed by atoms with van der Waals surface area (Å²) in [6.45, 7) is 3.77. The molecule has 0 radical (unpaired) electrons. The minimum atomic E-state index is -1.16. The second kappa shape index (κ2) is 6.74. The van der Waals surface area contributed by atoms with Crippen LogP contribution < -0.4 is 5.43 Å². The lowest BCUT2D eigenvalue weighted by Crippen LogP contribution is -2.60. The summed E-state index contributed by atoms with van der Waals surface area (Å²) >= 11 is 1.52. The highest BCUT2D eigenvalue weighted by Crippen LogP contribution is 2.43. The molecule has 1 aliphatic carbocycles. The van der Waals surface area contributed by atoms with Crippen molar-refractivity contribution in [3.8, 4) is 0 Å². The third-order valence-electron chi connectivity index (χ3n) is 5.50. The van der Waals surface area contributed by atoms with Gasteiger partial charge in [-0.1, -0.05) is 24.3 Å². The summed E-state index contributed by atoms with van der Waals surface area (Å²) < 4.78 is 1.00. The molecular weight excluding hydrogens is 360 g/mol. The number of nitrogens with zero attached hydrogens (tertiary/aromatic N) is 3. The van der Waals surface area contributed by atoms with Gasteiger partial charge in [0.15, 0.2) is 0 Å². The Labute approximate surface area is 163 Å². The second-order valence-corrected chi connectivity index (χ2v) is 8.50. The summed E-state index contributed by atoms with van der Waals surface area (Å²) in [5, 5.41) is 32.6. The smallest absolute Gasteiger partial charge is 0.292 e. The van der Waals surface area contributed by atoms with E-state index in [1.54, 1.807) is 0 Å². The van der Waals surface area contributed by atoms with Crippen LogP contribution in [0.4, 0.5) is 5.69 Å². The van der Waals surface area contributed by atoms with Crippen LogP contribution in [0.25, 0.3) is 0 Å². The topological polar surface area (TPSA) is 73.9 Å². The average Bonchev–Trinajstić information content (AvgIpc) is 3.24. The van der Waals surface area contributed by atoms with Crippen molar-refractivity contribution in [1.29, 1.82) is 0 Å². The van der Waals surface area contributed by atoms with Gasteiger partial charge in [-0.2, -0.15) is 9.84 Å². The number of anilines is 1. The SMILES string of the molecule is CC1(C)C(c2cccs2)=[N+]([O-])[C@]2(CCCC/C2=N/Nc2ccccc2)N1O. The van der Waals surface area contributed by atoms with Gasteiger partial charge in [-0.15, -0.1) is 16.4 Å². The van der Waals surface area contributed by atoms with Crippen LogP contribution in [0.15, 0.2) is 52.9 Å². The van der Waals surface area contributed by atoms with Gasteiger partial charge < -0.3 is 10.4 Å². The molecule has 2 heterocycles. The molecule has 1 atom stereocenters. The Morgan fingerprint density at radius 2 is 1.96 bits per heavy atom. The zero-order valence-electron chi connectivity index (χ0n) is 15.6. The third kappa shape index (κ3) is 2.77. The molecule has 4 rings (SSSR count). The molecule has 1 fully saturated rings. The van der Waals surface area contributed by atoms with Crippen molar-refractivity contribution in [2.45, 2.75) is 50.7 Å². The van der Waals surface area contributed by atoms with Crippen LogP contribution in [-0.4, -0.2) is 37.6 Å². The molecule has 1 spiro atoms. The third-order valence-corrected chi connectivity index (χ3v) is 6.37. The van der Waals surface area contributed by atoms with E-state index in [1.165, 1.54) is 16.4 Å². The number of nitrogens with one attached hydrogen (secondary N) is 1. The zero-order valence-corrected chi connectivity index (χ0v) is 16.4. The standard InChI is InChI=1S/C20H24N4O2S/c1-19(2)18(16-11-8-14-27-16)23(25)20(24(19)26)13-7-6-12-17(20)22-21-15-9-4-3-5-10-15/h3-5,8-11,14,21,26H,6-7,12-13H2,1-2H3/b22-17-/t20-/m1/s1. The lowest BCUT2D eigenvalue weighted by atomic mass is 9.86. The van der Waals surface area contributed by atoms with E-state index >= 15 is 0 Å². The van der Waals surface area contributed by atoms with Crippen LogP contribution in [0.1, 0.15) is 44.4 Å². The van der Waals surface area contributed by atoms with E-state index in [-0.39, 0.29) is 0 Å². The van der Waals surface area contributed by atoms with Gasteiger partial charge >= 0.3 is 0 Å². The van der Waals surface area contributed by atoms with E-state index in [0.29, 0.717) is 24.3 Å². The van der Waals surface area contributed by atoms with E-state index < -0.39 is 11.2 Å². The Morgan fingerprint density at radius 3 is 2.67 bits per heavy atom. The number of hydrazone groups is 1. The first-order valence-electron chi connectivity index (χ1n) is 9.24. The van der Waals surface area contributed by atoms with Crippen LogP contribution in [-0.2, 0) is 0 Å². The number of hydrogen-bond donors (Lipinski definition) is 2. The van der Waals surface area contributed by atoms with Crippen LogP contribution in [0.2, 0.25) is 0 Å². The fourth-order valence-electron chi connectivity index (χ4n) is 4.14. The molecule has 2 aliphatic rings. The van der Waals surface area contributed by atoms with Crippen molar-refractivity contribution in [2.75, 3.05) is 5.43 Å². The highest BCUT2D eigenvalue weighted by Gasteiger charge is 2.65. The number of hydrogen-bond acceptors (Lipinski definition) is 6. The molecule has 0 amide bonds. The molecule has 1 aliphatic heterocycles. The first-order valence-corrected chi connectivity index (χ1v) is 10.1. The van der Waals surface area contributed by atoms with Gasteiger partial charge in [0.05, 0.1) is 10.6 Å². The number of benzene rings is 1. The summed E-state index contributed by atoms with van der Waals surface area (Å²) in [5.41, 5.74) is 3.21.